The van der Waals surface area contributed by atoms with Gasteiger partial charge in [0, 0.05) is 0 Å². The Morgan fingerprint density at radius 3 is 2.24 bits per heavy atom. The van der Waals surface area contributed by atoms with E-state index in [9.17, 15) is 14.7 Å². The van der Waals surface area contributed by atoms with Gasteiger partial charge in [-0.05, 0) is 42.7 Å². The fourth-order valence-electron chi connectivity index (χ4n) is 1.97. The van der Waals surface area contributed by atoms with Gasteiger partial charge in [-0.3, -0.25) is 4.79 Å². The van der Waals surface area contributed by atoms with Gasteiger partial charge in [-0.1, -0.05) is 36.4 Å². The molecule has 1 unspecified atom stereocenters. The van der Waals surface area contributed by atoms with Crippen molar-refractivity contribution in [1.29, 1.82) is 0 Å². The third-order valence-electron chi connectivity index (χ3n) is 3.30. The predicted molar refractivity (Wildman–Crippen MR) is 75.7 cm³/mol. The summed E-state index contributed by atoms with van der Waals surface area (Å²) >= 11 is 0. The van der Waals surface area contributed by atoms with Crippen LogP contribution in [0.3, 0.4) is 0 Å². The SMILES string of the molecule is Cc1ccc(OC(=O)C(C(=O)[O-])c2ccccc2)cc1C. The Balaban J connectivity index is 2.24. The first kappa shape index (κ1) is 14.8. The molecule has 0 aliphatic carbocycles. The van der Waals surface area contributed by atoms with Crippen LogP contribution >= 0.6 is 0 Å². The van der Waals surface area contributed by atoms with Crippen LogP contribution in [0, 0.1) is 13.8 Å². The number of carboxylic acids is 1. The molecule has 0 fully saturated rings. The Labute approximate surface area is 123 Å². The van der Waals surface area contributed by atoms with Crippen LogP contribution in [0.1, 0.15) is 22.6 Å². The predicted octanol–water partition coefficient (Wildman–Crippen LogP) is 1.74. The van der Waals surface area contributed by atoms with E-state index in [2.05, 4.69) is 0 Å². The first-order valence-electron chi connectivity index (χ1n) is 6.54. The monoisotopic (exact) mass is 283 g/mol. The minimum absolute atomic E-state index is 0.324. The summed E-state index contributed by atoms with van der Waals surface area (Å²) in [6, 6.07) is 13.3. The van der Waals surface area contributed by atoms with Crippen LogP contribution in [0.15, 0.2) is 48.5 Å². The lowest BCUT2D eigenvalue weighted by molar-refractivity contribution is -0.307. The summed E-state index contributed by atoms with van der Waals surface area (Å²) in [5.41, 5.74) is 2.37. The molecule has 2 aromatic rings. The third kappa shape index (κ3) is 3.48. The van der Waals surface area contributed by atoms with Crippen LogP contribution < -0.4 is 9.84 Å². The number of aryl methyl sites for hydroxylation is 2. The summed E-state index contributed by atoms with van der Waals surface area (Å²) in [5.74, 6) is -3.45. The van der Waals surface area contributed by atoms with Crippen molar-refractivity contribution in [1.82, 2.24) is 0 Å². The molecular weight excluding hydrogens is 268 g/mol. The van der Waals surface area contributed by atoms with Crippen LogP contribution in [-0.4, -0.2) is 11.9 Å². The Bertz CT molecular complexity index is 662. The Morgan fingerprint density at radius 2 is 1.67 bits per heavy atom. The number of rotatable bonds is 4. The van der Waals surface area contributed by atoms with E-state index >= 15 is 0 Å². The molecule has 4 heteroatoms. The first-order chi connectivity index (χ1) is 9.99. The normalized spacial score (nSPS) is 11.7. The smallest absolute Gasteiger partial charge is 0.324 e. The molecule has 0 saturated heterocycles. The highest BCUT2D eigenvalue weighted by Crippen LogP contribution is 2.21. The molecule has 0 radical (unpaired) electrons. The van der Waals surface area contributed by atoms with Crippen molar-refractivity contribution in [3.05, 3.63) is 65.2 Å². The fourth-order valence-corrected chi connectivity index (χ4v) is 1.97. The van der Waals surface area contributed by atoms with E-state index in [1.54, 1.807) is 42.5 Å². The second-order valence-corrected chi connectivity index (χ2v) is 4.83. The van der Waals surface area contributed by atoms with Crippen molar-refractivity contribution in [2.45, 2.75) is 19.8 Å². The van der Waals surface area contributed by atoms with Crippen LogP contribution in [0.5, 0.6) is 5.75 Å². The highest BCUT2D eigenvalue weighted by Gasteiger charge is 2.24. The zero-order valence-corrected chi connectivity index (χ0v) is 11.8. The van der Waals surface area contributed by atoms with Gasteiger partial charge >= 0.3 is 5.97 Å². The Morgan fingerprint density at radius 1 is 1.00 bits per heavy atom. The maximum Gasteiger partial charge on any atom is 0.324 e. The van der Waals surface area contributed by atoms with Crippen molar-refractivity contribution in [3.63, 3.8) is 0 Å². The second-order valence-electron chi connectivity index (χ2n) is 4.83. The molecule has 0 aliphatic rings. The molecule has 0 spiro atoms. The zero-order valence-electron chi connectivity index (χ0n) is 11.8. The first-order valence-corrected chi connectivity index (χ1v) is 6.54. The number of carboxylic acid groups (broad SMARTS) is 1. The second kappa shape index (κ2) is 6.22. The van der Waals surface area contributed by atoms with Gasteiger partial charge in [-0.15, -0.1) is 0 Å². The van der Waals surface area contributed by atoms with E-state index in [1.165, 1.54) is 0 Å². The van der Waals surface area contributed by atoms with Gasteiger partial charge < -0.3 is 14.6 Å². The van der Waals surface area contributed by atoms with E-state index in [0.29, 0.717) is 11.3 Å². The zero-order chi connectivity index (χ0) is 15.4. The van der Waals surface area contributed by atoms with Crippen molar-refractivity contribution in [2.75, 3.05) is 0 Å². The molecule has 2 aromatic carbocycles. The maximum atomic E-state index is 12.1. The number of hydrogen-bond acceptors (Lipinski definition) is 4. The van der Waals surface area contributed by atoms with Crippen LogP contribution in [0.4, 0.5) is 0 Å². The number of esters is 1. The average Bonchev–Trinajstić information content (AvgIpc) is 2.44. The summed E-state index contributed by atoms with van der Waals surface area (Å²) in [6.45, 7) is 3.83. The van der Waals surface area contributed by atoms with Gasteiger partial charge in [-0.25, -0.2) is 0 Å². The molecule has 1 atom stereocenters. The number of aliphatic carboxylic acids is 1. The minimum Gasteiger partial charge on any atom is -0.549 e. The molecule has 0 amide bonds. The van der Waals surface area contributed by atoms with E-state index in [-0.39, 0.29) is 0 Å². The van der Waals surface area contributed by atoms with Gasteiger partial charge in [0.1, 0.15) is 11.7 Å². The number of ether oxygens (including phenoxy) is 1. The lowest BCUT2D eigenvalue weighted by atomic mass is 9.99. The number of carbonyl (C=O) groups excluding carboxylic acids is 2. The van der Waals surface area contributed by atoms with Gasteiger partial charge in [0.25, 0.3) is 0 Å². The van der Waals surface area contributed by atoms with Gasteiger partial charge in [0.05, 0.1) is 5.97 Å². The molecule has 0 N–H and O–H groups in total. The van der Waals surface area contributed by atoms with Gasteiger partial charge in [-0.2, -0.15) is 0 Å². The molecule has 21 heavy (non-hydrogen) atoms. The molecule has 0 heterocycles. The van der Waals surface area contributed by atoms with Crippen molar-refractivity contribution in [2.24, 2.45) is 0 Å². The van der Waals surface area contributed by atoms with E-state index < -0.39 is 17.9 Å². The summed E-state index contributed by atoms with van der Waals surface area (Å²) in [4.78, 5) is 23.3. The standard InChI is InChI=1S/C17H16O4/c1-11-8-9-14(10-12(11)2)21-17(20)15(16(18)19)13-6-4-3-5-7-13/h3-10,15H,1-2H3,(H,18,19)/p-1. The van der Waals surface area contributed by atoms with Crippen molar-refractivity contribution < 1.29 is 19.4 Å². The average molecular weight is 283 g/mol. The Kier molecular flexibility index (Phi) is 4.38. The summed E-state index contributed by atoms with van der Waals surface area (Å²) in [6.07, 6.45) is 0. The van der Waals surface area contributed by atoms with E-state index in [4.69, 9.17) is 4.74 Å². The van der Waals surface area contributed by atoms with Gasteiger partial charge in [0.15, 0.2) is 0 Å². The molecular formula is C17H15O4-. The number of carbonyl (C=O) groups is 2. The van der Waals surface area contributed by atoms with E-state index in [1.807, 2.05) is 19.9 Å². The van der Waals surface area contributed by atoms with Crippen molar-refractivity contribution in [3.8, 4) is 5.75 Å². The molecule has 0 aliphatic heterocycles. The van der Waals surface area contributed by atoms with Crippen LogP contribution in [0.2, 0.25) is 0 Å². The highest BCUT2D eigenvalue weighted by molar-refractivity contribution is 5.99. The van der Waals surface area contributed by atoms with Crippen LogP contribution in [-0.2, 0) is 9.59 Å². The largest absolute Gasteiger partial charge is 0.549 e. The fraction of sp³-hybridized carbons (Fsp3) is 0.176. The lowest BCUT2D eigenvalue weighted by Crippen LogP contribution is -2.36. The maximum absolute atomic E-state index is 12.1. The lowest BCUT2D eigenvalue weighted by Gasteiger charge is -2.17. The summed E-state index contributed by atoms with van der Waals surface area (Å²) in [7, 11) is 0. The third-order valence-corrected chi connectivity index (χ3v) is 3.30. The molecule has 0 saturated carbocycles. The topological polar surface area (TPSA) is 66.4 Å². The molecule has 108 valence electrons. The van der Waals surface area contributed by atoms with Crippen molar-refractivity contribution >= 4 is 11.9 Å². The quantitative estimate of drug-likeness (QED) is 0.487. The molecule has 2 rings (SSSR count). The summed E-state index contributed by atoms with van der Waals surface area (Å²) in [5, 5.41) is 11.2. The molecule has 4 nitrogen and oxygen atoms in total. The number of hydrogen-bond donors (Lipinski definition) is 0. The highest BCUT2D eigenvalue weighted by atomic mass is 16.5. The molecule has 0 bridgehead atoms. The Hall–Kier alpha value is -2.62. The minimum atomic E-state index is -1.48. The summed E-state index contributed by atoms with van der Waals surface area (Å²) < 4.78 is 5.17. The van der Waals surface area contributed by atoms with Crippen LogP contribution in [0.25, 0.3) is 0 Å². The van der Waals surface area contributed by atoms with Gasteiger partial charge in [0.2, 0.25) is 0 Å². The number of benzene rings is 2. The van der Waals surface area contributed by atoms with E-state index in [0.717, 1.165) is 11.1 Å². The molecule has 0 aromatic heterocycles.